The number of rotatable bonds is 10. The Kier molecular flexibility index (Phi) is 9.74. The minimum absolute atomic E-state index is 0.0599. The van der Waals surface area contributed by atoms with E-state index in [-0.39, 0.29) is 12.5 Å². The summed E-state index contributed by atoms with van der Waals surface area (Å²) in [6.07, 6.45) is 2.05. The summed E-state index contributed by atoms with van der Waals surface area (Å²) >= 11 is 0. The average Bonchev–Trinajstić information content (AvgIpc) is 2.77. The summed E-state index contributed by atoms with van der Waals surface area (Å²) in [7, 11) is 0. The van der Waals surface area contributed by atoms with E-state index in [1.165, 1.54) is 6.21 Å². The molecule has 0 bridgehead atoms. The van der Waals surface area contributed by atoms with Crippen molar-refractivity contribution in [3.05, 3.63) is 65.7 Å². The van der Waals surface area contributed by atoms with E-state index in [2.05, 4.69) is 21.2 Å². The molecule has 0 aliphatic rings. The van der Waals surface area contributed by atoms with Crippen LogP contribution in [0.25, 0.3) is 0 Å². The number of nitrogens with zero attached hydrogens (tertiary/aromatic N) is 1. The number of nitrogens with one attached hydrogen (secondary N) is 3. The van der Waals surface area contributed by atoms with E-state index < -0.39 is 11.8 Å². The van der Waals surface area contributed by atoms with E-state index in [9.17, 15) is 14.4 Å². The van der Waals surface area contributed by atoms with Crippen molar-refractivity contribution in [1.82, 2.24) is 16.1 Å². The van der Waals surface area contributed by atoms with Crippen LogP contribution in [0.1, 0.15) is 25.0 Å². The molecule has 164 valence electrons. The molecule has 0 spiro atoms. The lowest BCUT2D eigenvalue weighted by Gasteiger charge is -2.09. The molecule has 3 amide bonds. The lowest BCUT2D eigenvalue weighted by atomic mass is 10.1. The number of carbonyl (C=O) groups excluding carboxylic acids is 3. The number of hydrogen-bond donors (Lipinski definition) is 3. The smallest absolute Gasteiger partial charge is 0.329 e. The lowest BCUT2D eigenvalue weighted by Crippen LogP contribution is -2.38. The van der Waals surface area contributed by atoms with Gasteiger partial charge in [-0.2, -0.15) is 5.10 Å². The van der Waals surface area contributed by atoms with Crippen LogP contribution >= 0.6 is 0 Å². The molecular formula is C23H28N4O4. The lowest BCUT2D eigenvalue weighted by molar-refractivity contribution is -0.139. The number of hydrogen-bond acceptors (Lipinski definition) is 5. The zero-order chi connectivity index (χ0) is 22.5. The van der Waals surface area contributed by atoms with Crippen molar-refractivity contribution < 1.29 is 19.1 Å². The molecule has 8 heteroatoms. The second kappa shape index (κ2) is 12.8. The molecule has 0 heterocycles. The Morgan fingerprint density at radius 1 is 0.968 bits per heavy atom. The highest BCUT2D eigenvalue weighted by Crippen LogP contribution is 2.10. The molecule has 0 aromatic heterocycles. The summed E-state index contributed by atoms with van der Waals surface area (Å²) in [5.41, 5.74) is 3.96. The molecule has 0 atom stereocenters. The first-order chi connectivity index (χ1) is 14.9. The van der Waals surface area contributed by atoms with E-state index in [0.29, 0.717) is 36.7 Å². The highest BCUT2D eigenvalue weighted by atomic mass is 16.5. The Balaban J connectivity index is 1.68. The quantitative estimate of drug-likeness (QED) is 0.306. The largest absolute Gasteiger partial charge is 0.484 e. The maximum Gasteiger partial charge on any atom is 0.329 e. The summed E-state index contributed by atoms with van der Waals surface area (Å²) in [5, 5.41) is 9.11. The highest BCUT2D eigenvalue weighted by molar-refractivity contribution is 6.35. The molecule has 0 radical (unpaired) electrons. The minimum Gasteiger partial charge on any atom is -0.484 e. The monoisotopic (exact) mass is 424 g/mol. The predicted molar refractivity (Wildman–Crippen MR) is 119 cm³/mol. The fourth-order valence-corrected chi connectivity index (χ4v) is 2.43. The summed E-state index contributed by atoms with van der Waals surface area (Å²) < 4.78 is 5.42. The van der Waals surface area contributed by atoms with Gasteiger partial charge in [0.05, 0.1) is 6.21 Å². The van der Waals surface area contributed by atoms with Gasteiger partial charge in [-0.3, -0.25) is 14.4 Å². The molecule has 0 aliphatic heterocycles. The molecule has 0 aliphatic carbocycles. The Morgan fingerprint density at radius 3 is 2.35 bits per heavy atom. The van der Waals surface area contributed by atoms with Crippen LogP contribution in [0.5, 0.6) is 5.75 Å². The minimum atomic E-state index is -0.836. The average molecular weight is 425 g/mol. The number of hydrazone groups is 1. The van der Waals surface area contributed by atoms with Crippen LogP contribution in [0.15, 0.2) is 59.7 Å². The van der Waals surface area contributed by atoms with Gasteiger partial charge in [-0.05, 0) is 47.7 Å². The number of amides is 3. The van der Waals surface area contributed by atoms with Crippen molar-refractivity contribution in [1.29, 1.82) is 0 Å². The standard InChI is InChI=1S/C23H28N4O4/c1-17(2)14-25-21(28)16-31-20-10-8-19(9-11-20)15-26-27-23(30)22(29)24-13-12-18-6-4-3-5-7-18/h3-11,15,17H,12-14,16H2,1-2H3,(H,24,29)(H,25,28)(H,27,30)/b26-15-. The Morgan fingerprint density at radius 2 is 1.68 bits per heavy atom. The van der Waals surface area contributed by atoms with Gasteiger partial charge in [0.25, 0.3) is 5.91 Å². The molecule has 3 N–H and O–H groups in total. The third-order valence-corrected chi connectivity index (χ3v) is 4.09. The summed E-state index contributed by atoms with van der Waals surface area (Å²) in [6.45, 7) is 4.94. The molecule has 2 aromatic carbocycles. The van der Waals surface area contributed by atoms with E-state index in [1.54, 1.807) is 24.3 Å². The normalized spacial score (nSPS) is 10.7. The van der Waals surface area contributed by atoms with Crippen molar-refractivity contribution in [3.8, 4) is 5.75 Å². The van der Waals surface area contributed by atoms with Crippen molar-refractivity contribution in [3.63, 3.8) is 0 Å². The van der Waals surface area contributed by atoms with Crippen LogP contribution in [0.2, 0.25) is 0 Å². The first kappa shape index (κ1) is 23.6. The summed E-state index contributed by atoms with van der Waals surface area (Å²) in [6, 6.07) is 16.5. The summed E-state index contributed by atoms with van der Waals surface area (Å²) in [4.78, 5) is 35.2. The molecule has 8 nitrogen and oxygen atoms in total. The molecule has 0 saturated heterocycles. The first-order valence-corrected chi connectivity index (χ1v) is 10.1. The Labute approximate surface area is 182 Å². The predicted octanol–water partition coefficient (Wildman–Crippen LogP) is 1.65. The van der Waals surface area contributed by atoms with Crippen molar-refractivity contribution in [2.75, 3.05) is 19.7 Å². The topological polar surface area (TPSA) is 109 Å². The second-order valence-electron chi connectivity index (χ2n) is 7.25. The molecule has 0 saturated carbocycles. The van der Waals surface area contributed by atoms with E-state index in [0.717, 1.165) is 5.56 Å². The van der Waals surface area contributed by atoms with Gasteiger partial charge in [-0.15, -0.1) is 0 Å². The van der Waals surface area contributed by atoms with Crippen LogP contribution in [0, 0.1) is 5.92 Å². The van der Waals surface area contributed by atoms with Gasteiger partial charge in [0, 0.05) is 13.1 Å². The van der Waals surface area contributed by atoms with Crippen LogP contribution < -0.4 is 20.8 Å². The van der Waals surface area contributed by atoms with Gasteiger partial charge in [-0.25, -0.2) is 5.43 Å². The number of benzene rings is 2. The summed E-state index contributed by atoms with van der Waals surface area (Å²) in [5.74, 6) is -0.838. The van der Waals surface area contributed by atoms with Crippen LogP contribution in [0.4, 0.5) is 0 Å². The SMILES string of the molecule is CC(C)CNC(=O)COc1ccc(/C=N\NC(=O)C(=O)NCCc2ccccc2)cc1. The third-order valence-electron chi connectivity index (χ3n) is 4.09. The highest BCUT2D eigenvalue weighted by Gasteiger charge is 2.11. The van der Waals surface area contributed by atoms with Crippen LogP contribution in [-0.4, -0.2) is 43.6 Å². The maximum atomic E-state index is 11.8. The number of carbonyl (C=O) groups is 3. The third kappa shape index (κ3) is 9.58. The van der Waals surface area contributed by atoms with Crippen LogP contribution in [0.3, 0.4) is 0 Å². The molecular weight excluding hydrogens is 396 g/mol. The second-order valence-corrected chi connectivity index (χ2v) is 7.25. The molecule has 0 unspecified atom stereocenters. The van der Waals surface area contributed by atoms with E-state index >= 15 is 0 Å². The van der Waals surface area contributed by atoms with Gasteiger partial charge in [0.1, 0.15) is 5.75 Å². The van der Waals surface area contributed by atoms with Crippen LogP contribution in [-0.2, 0) is 20.8 Å². The van der Waals surface area contributed by atoms with Crippen molar-refractivity contribution >= 4 is 23.9 Å². The fourth-order valence-electron chi connectivity index (χ4n) is 2.43. The van der Waals surface area contributed by atoms with Crippen molar-refractivity contribution in [2.45, 2.75) is 20.3 Å². The molecule has 2 rings (SSSR count). The van der Waals surface area contributed by atoms with Crippen molar-refractivity contribution in [2.24, 2.45) is 11.0 Å². The molecule has 31 heavy (non-hydrogen) atoms. The van der Waals surface area contributed by atoms with Gasteiger partial charge < -0.3 is 15.4 Å². The van der Waals surface area contributed by atoms with Gasteiger partial charge in [-0.1, -0.05) is 44.2 Å². The zero-order valence-electron chi connectivity index (χ0n) is 17.8. The molecule has 0 fully saturated rings. The van der Waals surface area contributed by atoms with Gasteiger partial charge >= 0.3 is 11.8 Å². The van der Waals surface area contributed by atoms with E-state index in [1.807, 2.05) is 44.2 Å². The first-order valence-electron chi connectivity index (χ1n) is 10.1. The Bertz CT molecular complexity index is 880. The van der Waals surface area contributed by atoms with Gasteiger partial charge in [0.2, 0.25) is 0 Å². The van der Waals surface area contributed by atoms with E-state index in [4.69, 9.17) is 4.74 Å². The zero-order valence-corrected chi connectivity index (χ0v) is 17.8. The maximum absolute atomic E-state index is 11.8. The number of ether oxygens (including phenoxy) is 1. The molecule has 2 aromatic rings. The van der Waals surface area contributed by atoms with Gasteiger partial charge in [0.15, 0.2) is 6.61 Å². The Hall–Kier alpha value is -3.68. The fraction of sp³-hybridized carbons (Fsp3) is 0.304.